The molecule has 7 heteroatoms. The number of benzene rings is 2. The molecule has 0 aliphatic carbocycles. The van der Waals surface area contributed by atoms with Crippen molar-refractivity contribution in [2.75, 3.05) is 0 Å². The number of ether oxygens (including phenoxy) is 1. The first-order valence-electron chi connectivity index (χ1n) is 7.23. The molecule has 25 heavy (non-hydrogen) atoms. The Hall–Kier alpha value is -3.25. The second-order valence-corrected chi connectivity index (χ2v) is 5.45. The zero-order valence-corrected chi connectivity index (χ0v) is 13.5. The molecule has 6 nitrogen and oxygen atoms in total. The first kappa shape index (κ1) is 16.6. The number of hydrogen-bond acceptors (Lipinski definition) is 5. The van der Waals surface area contributed by atoms with Crippen molar-refractivity contribution in [2.45, 2.75) is 0 Å². The van der Waals surface area contributed by atoms with Crippen molar-refractivity contribution in [3.05, 3.63) is 92.6 Å². The third kappa shape index (κ3) is 3.81. The van der Waals surface area contributed by atoms with Crippen molar-refractivity contribution in [1.82, 2.24) is 0 Å². The molecule has 0 radical (unpaired) electrons. The Bertz CT molecular complexity index is 930. The van der Waals surface area contributed by atoms with Crippen LogP contribution in [0.4, 0.5) is 5.69 Å². The number of carbonyl (C=O) groups excluding carboxylic acids is 1. The molecule has 3 rings (SSSR count). The summed E-state index contributed by atoms with van der Waals surface area (Å²) in [5.74, 6) is -0.408. The fraction of sp³-hybridized carbons (Fsp3) is 0. The predicted octanol–water partition coefficient (Wildman–Crippen LogP) is 4.15. The Labute approximate surface area is 147 Å². The first-order chi connectivity index (χ1) is 12.0. The SMILES string of the molecule is O=C1OC(c2ccccc2Cl)=NC1=CC=Cc1ccc([N+](=O)[O-])cc1. The van der Waals surface area contributed by atoms with Crippen molar-refractivity contribution in [1.29, 1.82) is 0 Å². The van der Waals surface area contributed by atoms with E-state index in [0.717, 1.165) is 5.56 Å². The summed E-state index contributed by atoms with van der Waals surface area (Å²) in [6.07, 6.45) is 4.83. The highest BCUT2D eigenvalue weighted by Gasteiger charge is 2.24. The average molecular weight is 355 g/mol. The van der Waals surface area contributed by atoms with E-state index in [1.165, 1.54) is 18.2 Å². The largest absolute Gasteiger partial charge is 0.402 e. The lowest BCUT2D eigenvalue weighted by Crippen LogP contribution is -2.05. The van der Waals surface area contributed by atoms with Crippen molar-refractivity contribution in [3.8, 4) is 0 Å². The van der Waals surface area contributed by atoms with E-state index >= 15 is 0 Å². The van der Waals surface area contributed by atoms with Crippen molar-refractivity contribution in [3.63, 3.8) is 0 Å². The maximum atomic E-state index is 11.9. The highest BCUT2D eigenvalue weighted by atomic mass is 35.5. The molecule has 0 aromatic heterocycles. The fourth-order valence-corrected chi connectivity index (χ4v) is 2.35. The number of non-ortho nitro benzene ring substituents is 1. The van der Waals surface area contributed by atoms with Gasteiger partial charge in [-0.25, -0.2) is 9.79 Å². The topological polar surface area (TPSA) is 81.8 Å². The van der Waals surface area contributed by atoms with Gasteiger partial charge in [0.1, 0.15) is 0 Å². The Morgan fingerprint density at radius 2 is 1.84 bits per heavy atom. The van der Waals surface area contributed by atoms with Gasteiger partial charge >= 0.3 is 5.97 Å². The number of nitrogens with zero attached hydrogens (tertiary/aromatic N) is 2. The molecular formula is C18H11ClN2O4. The van der Waals surface area contributed by atoms with Crippen LogP contribution < -0.4 is 0 Å². The van der Waals surface area contributed by atoms with Crippen LogP contribution in [-0.2, 0) is 9.53 Å². The number of nitro groups is 1. The molecule has 0 spiro atoms. The van der Waals surface area contributed by atoms with Crippen LogP contribution in [0.1, 0.15) is 11.1 Å². The third-order valence-electron chi connectivity index (χ3n) is 3.37. The minimum atomic E-state index is -0.566. The Kier molecular flexibility index (Phi) is 4.72. The van der Waals surface area contributed by atoms with E-state index in [9.17, 15) is 14.9 Å². The Morgan fingerprint density at radius 3 is 2.52 bits per heavy atom. The molecule has 0 amide bonds. The van der Waals surface area contributed by atoms with Crippen molar-refractivity contribution in [2.24, 2.45) is 4.99 Å². The third-order valence-corrected chi connectivity index (χ3v) is 3.70. The maximum Gasteiger partial charge on any atom is 0.363 e. The quantitative estimate of drug-likeness (QED) is 0.357. The molecule has 0 unspecified atom stereocenters. The molecule has 1 aliphatic heterocycles. The van der Waals surface area contributed by atoms with Crippen LogP contribution in [0.15, 0.2) is 71.4 Å². The van der Waals surface area contributed by atoms with Gasteiger partial charge < -0.3 is 4.74 Å². The lowest BCUT2D eigenvalue weighted by atomic mass is 10.2. The van der Waals surface area contributed by atoms with E-state index in [1.807, 2.05) is 0 Å². The normalized spacial score (nSPS) is 15.5. The number of cyclic esters (lactones) is 1. The number of allylic oxidation sites excluding steroid dienone is 2. The van der Waals surface area contributed by atoms with E-state index in [0.29, 0.717) is 10.6 Å². The summed E-state index contributed by atoms with van der Waals surface area (Å²) >= 11 is 6.07. The Morgan fingerprint density at radius 1 is 1.12 bits per heavy atom. The van der Waals surface area contributed by atoms with Crippen LogP contribution in [0, 0.1) is 10.1 Å². The number of rotatable bonds is 4. The number of hydrogen-bond donors (Lipinski definition) is 0. The van der Waals surface area contributed by atoms with E-state index < -0.39 is 10.9 Å². The van der Waals surface area contributed by atoms with Gasteiger partial charge in [0.2, 0.25) is 5.90 Å². The van der Waals surface area contributed by atoms with Crippen molar-refractivity contribution >= 4 is 35.2 Å². The molecule has 2 aromatic rings. The molecule has 0 N–H and O–H groups in total. The summed E-state index contributed by atoms with van der Waals surface area (Å²) in [4.78, 5) is 26.2. The molecule has 1 aliphatic rings. The zero-order chi connectivity index (χ0) is 17.8. The number of halogens is 1. The minimum Gasteiger partial charge on any atom is -0.402 e. The molecule has 0 saturated carbocycles. The molecule has 0 saturated heterocycles. The summed E-state index contributed by atoms with van der Waals surface area (Å²) in [5, 5.41) is 11.1. The highest BCUT2D eigenvalue weighted by Crippen LogP contribution is 2.22. The van der Waals surface area contributed by atoms with Gasteiger partial charge in [0.05, 0.1) is 15.5 Å². The lowest BCUT2D eigenvalue weighted by molar-refractivity contribution is -0.384. The standard InChI is InChI=1S/C18H11ClN2O4/c19-15-6-2-1-5-14(15)17-20-16(18(22)25-17)7-3-4-12-8-10-13(11-9-12)21(23)24/h1-11H. The maximum absolute atomic E-state index is 11.9. The lowest BCUT2D eigenvalue weighted by Gasteiger charge is -2.00. The van der Waals surface area contributed by atoms with Crippen LogP contribution in [0.5, 0.6) is 0 Å². The molecule has 1 heterocycles. The van der Waals surface area contributed by atoms with Gasteiger partial charge in [-0.15, -0.1) is 0 Å². The second kappa shape index (κ2) is 7.11. The van der Waals surface area contributed by atoms with Crippen LogP contribution in [0.3, 0.4) is 0 Å². The summed E-state index contributed by atoms with van der Waals surface area (Å²) < 4.78 is 5.14. The van der Waals surface area contributed by atoms with Gasteiger partial charge in [0, 0.05) is 12.1 Å². The molecule has 2 aromatic carbocycles. The number of aliphatic imine (C=N–C) groups is 1. The second-order valence-electron chi connectivity index (χ2n) is 5.05. The van der Waals surface area contributed by atoms with Crippen LogP contribution >= 0.6 is 11.6 Å². The number of nitro benzene ring substituents is 1. The van der Waals surface area contributed by atoms with Crippen molar-refractivity contribution < 1.29 is 14.5 Å². The van der Waals surface area contributed by atoms with Gasteiger partial charge in [-0.05, 0) is 35.9 Å². The predicted molar refractivity (Wildman–Crippen MR) is 94.3 cm³/mol. The van der Waals surface area contributed by atoms with Crippen LogP contribution in [-0.4, -0.2) is 16.8 Å². The zero-order valence-electron chi connectivity index (χ0n) is 12.8. The van der Waals surface area contributed by atoms with Gasteiger partial charge in [-0.1, -0.05) is 35.9 Å². The average Bonchev–Trinajstić information content (AvgIpc) is 2.96. The van der Waals surface area contributed by atoms with Gasteiger partial charge in [0.25, 0.3) is 5.69 Å². The molecule has 0 fully saturated rings. The summed E-state index contributed by atoms with van der Waals surface area (Å²) in [6.45, 7) is 0. The number of esters is 1. The van der Waals surface area contributed by atoms with Gasteiger partial charge in [0.15, 0.2) is 5.70 Å². The van der Waals surface area contributed by atoms with E-state index in [-0.39, 0.29) is 17.3 Å². The number of carbonyl (C=O) groups is 1. The summed E-state index contributed by atoms with van der Waals surface area (Å²) in [7, 11) is 0. The first-order valence-corrected chi connectivity index (χ1v) is 7.61. The van der Waals surface area contributed by atoms with E-state index in [2.05, 4.69) is 4.99 Å². The van der Waals surface area contributed by atoms with E-state index in [4.69, 9.17) is 16.3 Å². The summed E-state index contributed by atoms with van der Waals surface area (Å²) in [5.41, 5.74) is 1.46. The van der Waals surface area contributed by atoms with Crippen LogP contribution in [0.2, 0.25) is 5.02 Å². The van der Waals surface area contributed by atoms with Gasteiger partial charge in [-0.3, -0.25) is 10.1 Å². The fourth-order valence-electron chi connectivity index (χ4n) is 2.13. The van der Waals surface area contributed by atoms with Crippen LogP contribution in [0.25, 0.3) is 6.08 Å². The Balaban J connectivity index is 1.78. The molecule has 124 valence electrons. The molecule has 0 atom stereocenters. The summed E-state index contributed by atoms with van der Waals surface area (Å²) in [6, 6.07) is 13.0. The minimum absolute atomic E-state index is 0.0175. The van der Waals surface area contributed by atoms with E-state index in [1.54, 1.807) is 48.6 Å². The molecule has 0 bridgehead atoms. The monoisotopic (exact) mass is 354 g/mol. The smallest absolute Gasteiger partial charge is 0.363 e. The van der Waals surface area contributed by atoms with Gasteiger partial charge in [-0.2, -0.15) is 0 Å². The molecular weight excluding hydrogens is 344 g/mol. The highest BCUT2D eigenvalue weighted by molar-refractivity contribution is 6.34.